The zero-order chi connectivity index (χ0) is 12.1. The second-order valence-corrected chi connectivity index (χ2v) is 4.15. The van der Waals surface area contributed by atoms with Crippen LogP contribution in [0.15, 0.2) is 18.2 Å². The van der Waals surface area contributed by atoms with Crippen molar-refractivity contribution in [3.63, 3.8) is 0 Å². The maximum Gasteiger partial charge on any atom is 0.320 e. The minimum Gasteiger partial charge on any atom is -0.480 e. The molecule has 0 saturated carbocycles. The van der Waals surface area contributed by atoms with Crippen molar-refractivity contribution >= 4 is 5.97 Å². The molecule has 1 atom stereocenters. The maximum absolute atomic E-state index is 10.8. The first-order valence-corrected chi connectivity index (χ1v) is 5.50. The fourth-order valence-corrected chi connectivity index (χ4v) is 1.76. The van der Waals surface area contributed by atoms with Gasteiger partial charge in [-0.2, -0.15) is 0 Å². The number of carboxylic acid groups (broad SMARTS) is 1. The predicted molar refractivity (Wildman–Crippen MR) is 64.7 cm³/mol. The first-order valence-electron chi connectivity index (χ1n) is 5.50. The lowest BCUT2D eigenvalue weighted by Gasteiger charge is -2.12. The largest absolute Gasteiger partial charge is 0.480 e. The fourth-order valence-electron chi connectivity index (χ4n) is 1.76. The first kappa shape index (κ1) is 12.7. The van der Waals surface area contributed by atoms with E-state index in [9.17, 15) is 4.79 Å². The lowest BCUT2D eigenvalue weighted by atomic mass is 9.99. The Morgan fingerprint density at radius 2 is 2.12 bits per heavy atom. The average molecular weight is 221 g/mol. The van der Waals surface area contributed by atoms with Gasteiger partial charge in [0, 0.05) is 0 Å². The molecule has 0 aliphatic heterocycles. The molecule has 0 heterocycles. The summed E-state index contributed by atoms with van der Waals surface area (Å²) in [7, 11) is 1.68. The van der Waals surface area contributed by atoms with Gasteiger partial charge >= 0.3 is 5.97 Å². The molecule has 0 fully saturated rings. The number of hydrogen-bond acceptors (Lipinski definition) is 2. The zero-order valence-corrected chi connectivity index (χ0v) is 10.1. The van der Waals surface area contributed by atoms with E-state index in [1.807, 2.05) is 0 Å². The van der Waals surface area contributed by atoms with Gasteiger partial charge in [0.2, 0.25) is 0 Å². The maximum atomic E-state index is 10.8. The molecule has 0 aromatic heterocycles. The second-order valence-electron chi connectivity index (χ2n) is 4.15. The highest BCUT2D eigenvalue weighted by Gasteiger charge is 2.14. The van der Waals surface area contributed by atoms with Gasteiger partial charge < -0.3 is 10.4 Å². The molecule has 88 valence electrons. The van der Waals surface area contributed by atoms with Crippen molar-refractivity contribution in [2.24, 2.45) is 0 Å². The van der Waals surface area contributed by atoms with Gasteiger partial charge in [-0.25, -0.2) is 0 Å². The van der Waals surface area contributed by atoms with E-state index in [2.05, 4.69) is 37.4 Å². The van der Waals surface area contributed by atoms with Crippen LogP contribution in [0.2, 0.25) is 0 Å². The molecule has 1 rings (SSSR count). The summed E-state index contributed by atoms with van der Waals surface area (Å²) in [4.78, 5) is 10.8. The molecule has 1 aromatic rings. The number of carboxylic acids is 1. The van der Waals surface area contributed by atoms with Crippen molar-refractivity contribution < 1.29 is 9.90 Å². The number of benzene rings is 1. The smallest absolute Gasteiger partial charge is 0.320 e. The molecule has 3 nitrogen and oxygen atoms in total. The van der Waals surface area contributed by atoms with Crippen LogP contribution in [0.25, 0.3) is 0 Å². The van der Waals surface area contributed by atoms with Crippen molar-refractivity contribution in [2.45, 2.75) is 32.7 Å². The standard InChI is InChI=1S/C13H19NO2/c1-9-4-5-10(2)11(8-9)6-7-12(14-3)13(15)16/h4-5,8,12,14H,6-7H2,1-3H3,(H,15,16). The van der Waals surface area contributed by atoms with Crippen molar-refractivity contribution in [3.8, 4) is 0 Å². The number of rotatable bonds is 5. The predicted octanol–water partition coefficient (Wildman–Crippen LogP) is 1.91. The van der Waals surface area contributed by atoms with Crippen LogP contribution in [-0.4, -0.2) is 24.2 Å². The summed E-state index contributed by atoms with van der Waals surface area (Å²) >= 11 is 0. The molecule has 0 spiro atoms. The quantitative estimate of drug-likeness (QED) is 0.798. The number of nitrogens with one attached hydrogen (secondary N) is 1. The molecular formula is C13H19NO2. The number of carbonyl (C=O) groups is 1. The highest BCUT2D eigenvalue weighted by Crippen LogP contribution is 2.13. The molecule has 1 unspecified atom stereocenters. The van der Waals surface area contributed by atoms with Crippen molar-refractivity contribution in [2.75, 3.05) is 7.05 Å². The molecule has 3 heteroatoms. The van der Waals surface area contributed by atoms with Crippen LogP contribution in [0.3, 0.4) is 0 Å². The number of aliphatic carboxylic acids is 1. The lowest BCUT2D eigenvalue weighted by Crippen LogP contribution is -2.34. The molecule has 16 heavy (non-hydrogen) atoms. The van der Waals surface area contributed by atoms with E-state index in [0.29, 0.717) is 6.42 Å². The van der Waals surface area contributed by atoms with Crippen molar-refractivity contribution in [3.05, 3.63) is 34.9 Å². The SMILES string of the molecule is CNC(CCc1cc(C)ccc1C)C(=O)O. The Morgan fingerprint density at radius 1 is 1.44 bits per heavy atom. The Balaban J connectivity index is 2.66. The minimum atomic E-state index is -0.784. The Bertz CT molecular complexity index is 374. The number of aryl methyl sites for hydroxylation is 3. The van der Waals surface area contributed by atoms with Crippen LogP contribution in [0.4, 0.5) is 0 Å². The van der Waals surface area contributed by atoms with Crippen LogP contribution < -0.4 is 5.32 Å². The molecule has 2 N–H and O–H groups in total. The fraction of sp³-hybridized carbons (Fsp3) is 0.462. The number of likely N-dealkylation sites (N-methyl/N-ethyl adjacent to an activating group) is 1. The highest BCUT2D eigenvalue weighted by molar-refractivity contribution is 5.73. The summed E-state index contributed by atoms with van der Waals surface area (Å²) in [6.07, 6.45) is 1.42. The average Bonchev–Trinajstić information content (AvgIpc) is 2.23. The summed E-state index contributed by atoms with van der Waals surface area (Å²) in [5.41, 5.74) is 3.68. The van der Waals surface area contributed by atoms with Crippen LogP contribution >= 0.6 is 0 Å². The molecule has 0 radical (unpaired) electrons. The minimum absolute atomic E-state index is 0.458. The van der Waals surface area contributed by atoms with E-state index in [-0.39, 0.29) is 0 Å². The summed E-state index contributed by atoms with van der Waals surface area (Å²) in [6.45, 7) is 4.11. The molecule has 0 bridgehead atoms. The Morgan fingerprint density at radius 3 is 2.69 bits per heavy atom. The van der Waals surface area contributed by atoms with E-state index >= 15 is 0 Å². The summed E-state index contributed by atoms with van der Waals surface area (Å²) in [5.74, 6) is -0.784. The van der Waals surface area contributed by atoms with Crippen molar-refractivity contribution in [1.82, 2.24) is 5.32 Å². The van der Waals surface area contributed by atoms with E-state index in [4.69, 9.17) is 5.11 Å². The third-order valence-corrected chi connectivity index (χ3v) is 2.85. The van der Waals surface area contributed by atoms with E-state index < -0.39 is 12.0 Å². The molecular weight excluding hydrogens is 202 g/mol. The lowest BCUT2D eigenvalue weighted by molar-refractivity contribution is -0.139. The van der Waals surface area contributed by atoms with Gasteiger partial charge in [0.05, 0.1) is 0 Å². The first-order chi connectivity index (χ1) is 7.54. The Labute approximate surface area is 96.5 Å². The van der Waals surface area contributed by atoms with Crippen LogP contribution in [0.5, 0.6) is 0 Å². The van der Waals surface area contributed by atoms with E-state index in [1.165, 1.54) is 16.7 Å². The second kappa shape index (κ2) is 5.66. The third kappa shape index (κ3) is 3.35. The van der Waals surface area contributed by atoms with Gasteiger partial charge in [0.1, 0.15) is 6.04 Å². The molecule has 0 aliphatic rings. The van der Waals surface area contributed by atoms with E-state index in [1.54, 1.807) is 7.05 Å². The monoisotopic (exact) mass is 221 g/mol. The number of hydrogen-bond donors (Lipinski definition) is 2. The molecule has 0 amide bonds. The molecule has 1 aromatic carbocycles. The highest BCUT2D eigenvalue weighted by atomic mass is 16.4. The van der Waals surface area contributed by atoms with Crippen LogP contribution in [0, 0.1) is 13.8 Å². The molecule has 0 saturated heterocycles. The van der Waals surface area contributed by atoms with Crippen LogP contribution in [0.1, 0.15) is 23.1 Å². The summed E-state index contributed by atoms with van der Waals surface area (Å²) in [5, 5.41) is 11.7. The summed E-state index contributed by atoms with van der Waals surface area (Å²) < 4.78 is 0. The van der Waals surface area contributed by atoms with Crippen molar-refractivity contribution in [1.29, 1.82) is 0 Å². The topological polar surface area (TPSA) is 49.3 Å². The summed E-state index contributed by atoms with van der Waals surface area (Å²) in [6, 6.07) is 5.83. The van der Waals surface area contributed by atoms with Gasteiger partial charge in [-0.15, -0.1) is 0 Å². The molecule has 0 aliphatic carbocycles. The third-order valence-electron chi connectivity index (χ3n) is 2.85. The Hall–Kier alpha value is -1.35. The van der Waals surface area contributed by atoms with Gasteiger partial charge in [-0.1, -0.05) is 23.8 Å². The van der Waals surface area contributed by atoms with Gasteiger partial charge in [-0.05, 0) is 44.9 Å². The van der Waals surface area contributed by atoms with Gasteiger partial charge in [-0.3, -0.25) is 4.79 Å². The normalized spacial score (nSPS) is 12.4. The van der Waals surface area contributed by atoms with E-state index in [0.717, 1.165) is 6.42 Å². The Kier molecular flexibility index (Phi) is 4.50. The van der Waals surface area contributed by atoms with Crippen LogP contribution in [-0.2, 0) is 11.2 Å². The zero-order valence-electron chi connectivity index (χ0n) is 10.1. The van der Waals surface area contributed by atoms with Gasteiger partial charge in [0.15, 0.2) is 0 Å². The van der Waals surface area contributed by atoms with Gasteiger partial charge in [0.25, 0.3) is 0 Å².